The van der Waals surface area contributed by atoms with Crippen LogP contribution in [0.15, 0.2) is 0 Å². The molecule has 0 spiro atoms. The highest BCUT2D eigenvalue weighted by molar-refractivity contribution is 5.78. The van der Waals surface area contributed by atoms with Gasteiger partial charge in [-0.2, -0.15) is 0 Å². The first-order valence-electron chi connectivity index (χ1n) is 4.19. The van der Waals surface area contributed by atoms with Crippen molar-refractivity contribution in [2.75, 3.05) is 13.6 Å². The van der Waals surface area contributed by atoms with Crippen LogP contribution in [0, 0.1) is 11.1 Å². The van der Waals surface area contributed by atoms with Crippen LogP contribution < -0.4 is 10.8 Å². The minimum Gasteiger partial charge on any atom is -0.634 e. The van der Waals surface area contributed by atoms with E-state index in [0.29, 0.717) is 0 Å². The Balaban J connectivity index is 4.02. The Labute approximate surface area is 77.5 Å². The Kier molecular flexibility index (Phi) is 5.25. The fourth-order valence-electron chi connectivity index (χ4n) is 1.31. The molecule has 1 amide bonds. The molecule has 0 rings (SSSR count). The van der Waals surface area contributed by atoms with Crippen LogP contribution in [0.5, 0.6) is 0 Å². The fraction of sp³-hybridized carbons (Fsp3) is 0.750. The quantitative estimate of drug-likeness (QED) is 0.496. The molecule has 0 aromatic carbocycles. The number of nitrogens with one attached hydrogen (secondary N) is 1. The van der Waals surface area contributed by atoms with Gasteiger partial charge in [0.2, 0.25) is 5.91 Å². The van der Waals surface area contributed by atoms with Crippen molar-refractivity contribution in [3.8, 4) is 0 Å². The summed E-state index contributed by atoms with van der Waals surface area (Å²) >= 11 is 0. The lowest BCUT2D eigenvalue weighted by Gasteiger charge is -2.21. The van der Waals surface area contributed by atoms with Gasteiger partial charge in [-0.25, -0.2) is 0 Å². The van der Waals surface area contributed by atoms with Crippen LogP contribution in [0.3, 0.4) is 0 Å². The Morgan fingerprint density at radius 1 is 1.46 bits per heavy atom. The average Bonchev–Trinajstić information content (AvgIpc) is 1.80. The van der Waals surface area contributed by atoms with E-state index in [1.54, 1.807) is 0 Å². The zero-order chi connectivity index (χ0) is 10.4. The number of hydrogen-bond donors (Lipinski definition) is 2. The molecule has 5 nitrogen and oxygen atoms in total. The van der Waals surface area contributed by atoms with Gasteiger partial charge in [0, 0.05) is 18.8 Å². The minimum absolute atomic E-state index is 0.0208. The van der Waals surface area contributed by atoms with Crippen molar-refractivity contribution in [3.05, 3.63) is 5.21 Å². The number of amides is 1. The number of hydrogen-bond acceptors (Lipinski definition) is 3. The number of primary amides is 1. The molecule has 0 aliphatic heterocycles. The average molecular weight is 188 g/mol. The number of Topliss-reactive ketones (excluding diaryl/α,β-unsaturated/α-hetero) is 1. The van der Waals surface area contributed by atoms with Crippen molar-refractivity contribution in [2.24, 2.45) is 11.7 Å². The summed E-state index contributed by atoms with van der Waals surface area (Å²) in [6, 6.07) is 0. The van der Waals surface area contributed by atoms with Gasteiger partial charge in [0.25, 0.3) is 0 Å². The first kappa shape index (κ1) is 12.1. The molecule has 0 fully saturated rings. The summed E-state index contributed by atoms with van der Waals surface area (Å²) in [5.41, 5.74) is 4.98. The molecule has 76 valence electrons. The van der Waals surface area contributed by atoms with Gasteiger partial charge in [-0.05, 0) is 6.92 Å². The molecule has 0 saturated carbocycles. The summed E-state index contributed by atoms with van der Waals surface area (Å²) < 4.78 is 0. The SMILES string of the molecule is CC(=O)CC(CC(N)=O)C[NH+](C)[O-]. The molecule has 0 aliphatic carbocycles. The standard InChI is InChI=1S/C8H16N2O3/c1-6(11)3-7(4-8(9)12)5-10(2)13/h7,10H,3-5H2,1-2H3,(H2,9,12). The third kappa shape index (κ3) is 7.42. The van der Waals surface area contributed by atoms with E-state index in [4.69, 9.17) is 5.73 Å². The van der Waals surface area contributed by atoms with Crippen LogP contribution in [0.1, 0.15) is 19.8 Å². The molecular formula is C8H16N2O3. The van der Waals surface area contributed by atoms with Crippen LogP contribution in [-0.2, 0) is 9.59 Å². The van der Waals surface area contributed by atoms with E-state index in [0.717, 1.165) is 0 Å². The Morgan fingerprint density at radius 2 is 2.00 bits per heavy atom. The lowest BCUT2D eigenvalue weighted by Crippen LogP contribution is -3.04. The maximum Gasteiger partial charge on any atom is 0.217 e. The van der Waals surface area contributed by atoms with Gasteiger partial charge in [0.15, 0.2) is 0 Å². The van der Waals surface area contributed by atoms with Crippen molar-refractivity contribution >= 4 is 11.7 Å². The summed E-state index contributed by atoms with van der Waals surface area (Å²) in [6.45, 7) is 1.69. The Hall–Kier alpha value is -0.940. The second-order valence-electron chi connectivity index (χ2n) is 3.35. The van der Waals surface area contributed by atoms with E-state index in [9.17, 15) is 14.8 Å². The van der Waals surface area contributed by atoms with Crippen molar-refractivity contribution < 1.29 is 14.7 Å². The predicted octanol–water partition coefficient (Wildman–Crippen LogP) is -1.53. The van der Waals surface area contributed by atoms with Crippen LogP contribution in [0.2, 0.25) is 0 Å². The van der Waals surface area contributed by atoms with Gasteiger partial charge in [-0.3, -0.25) is 4.79 Å². The van der Waals surface area contributed by atoms with E-state index < -0.39 is 5.91 Å². The maximum atomic E-state index is 10.8. The number of carbonyl (C=O) groups excluding carboxylic acids is 2. The second kappa shape index (κ2) is 5.66. The van der Waals surface area contributed by atoms with Gasteiger partial charge in [0.05, 0.1) is 13.6 Å². The van der Waals surface area contributed by atoms with Gasteiger partial charge < -0.3 is 20.8 Å². The van der Waals surface area contributed by atoms with Crippen molar-refractivity contribution in [2.45, 2.75) is 19.8 Å². The third-order valence-corrected chi connectivity index (χ3v) is 1.64. The molecule has 5 heteroatoms. The largest absolute Gasteiger partial charge is 0.634 e. The monoisotopic (exact) mass is 188 g/mol. The molecular weight excluding hydrogens is 172 g/mol. The summed E-state index contributed by atoms with van der Waals surface area (Å²) in [5, 5.41) is 10.7. The Bertz CT molecular complexity index is 176. The smallest absolute Gasteiger partial charge is 0.217 e. The molecule has 3 N–H and O–H groups in total. The molecule has 2 atom stereocenters. The second-order valence-corrected chi connectivity index (χ2v) is 3.35. The van der Waals surface area contributed by atoms with E-state index in [2.05, 4.69) is 0 Å². The molecule has 13 heavy (non-hydrogen) atoms. The first-order valence-corrected chi connectivity index (χ1v) is 4.19. The summed E-state index contributed by atoms with van der Waals surface area (Å²) in [7, 11) is 1.44. The molecule has 0 heterocycles. The molecule has 0 aromatic rings. The normalized spacial score (nSPS) is 15.0. The highest BCUT2D eigenvalue weighted by Gasteiger charge is 2.16. The predicted molar refractivity (Wildman–Crippen MR) is 47.7 cm³/mol. The fourth-order valence-corrected chi connectivity index (χ4v) is 1.31. The van der Waals surface area contributed by atoms with Crippen molar-refractivity contribution in [1.29, 1.82) is 0 Å². The van der Waals surface area contributed by atoms with Crippen molar-refractivity contribution in [3.63, 3.8) is 0 Å². The number of carbonyl (C=O) groups is 2. The summed E-state index contributed by atoms with van der Waals surface area (Å²) in [4.78, 5) is 21.3. The molecule has 0 saturated heterocycles. The topological polar surface area (TPSA) is 87.7 Å². The number of hydroxylamine groups is 2. The zero-order valence-electron chi connectivity index (χ0n) is 8.00. The van der Waals surface area contributed by atoms with E-state index in [1.165, 1.54) is 14.0 Å². The van der Waals surface area contributed by atoms with Gasteiger partial charge in [-0.1, -0.05) is 0 Å². The number of ketones is 1. The number of rotatable bonds is 6. The van der Waals surface area contributed by atoms with Crippen LogP contribution in [0.25, 0.3) is 0 Å². The Morgan fingerprint density at radius 3 is 2.31 bits per heavy atom. The third-order valence-electron chi connectivity index (χ3n) is 1.64. The molecule has 0 aromatic heterocycles. The van der Waals surface area contributed by atoms with E-state index >= 15 is 0 Å². The zero-order valence-corrected chi connectivity index (χ0v) is 8.00. The van der Waals surface area contributed by atoms with Crippen LogP contribution >= 0.6 is 0 Å². The van der Waals surface area contributed by atoms with Crippen molar-refractivity contribution in [1.82, 2.24) is 0 Å². The van der Waals surface area contributed by atoms with E-state index in [1.807, 2.05) is 0 Å². The molecule has 0 radical (unpaired) electrons. The molecule has 0 bridgehead atoms. The van der Waals surface area contributed by atoms with Gasteiger partial charge >= 0.3 is 0 Å². The number of nitrogens with two attached hydrogens (primary N) is 1. The highest BCUT2D eigenvalue weighted by atomic mass is 16.5. The van der Waals surface area contributed by atoms with Gasteiger partial charge in [-0.15, -0.1) is 0 Å². The lowest BCUT2D eigenvalue weighted by atomic mass is 9.99. The maximum absolute atomic E-state index is 10.8. The summed E-state index contributed by atoms with van der Waals surface area (Å²) in [5.74, 6) is -0.701. The molecule has 2 unspecified atom stereocenters. The minimum atomic E-state index is -0.465. The van der Waals surface area contributed by atoms with Gasteiger partial charge in [0.1, 0.15) is 5.78 Å². The van der Waals surface area contributed by atoms with Crippen LogP contribution in [-0.4, -0.2) is 25.3 Å². The number of quaternary nitrogens is 1. The molecule has 0 aliphatic rings. The first-order chi connectivity index (χ1) is 5.91. The summed E-state index contributed by atoms with van der Waals surface area (Å²) in [6.07, 6.45) is 0.363. The highest BCUT2D eigenvalue weighted by Crippen LogP contribution is 2.06. The van der Waals surface area contributed by atoms with Crippen LogP contribution in [0.4, 0.5) is 0 Å². The van der Waals surface area contributed by atoms with E-state index in [-0.39, 0.29) is 36.2 Å². The lowest BCUT2D eigenvalue weighted by molar-refractivity contribution is -0.829.